The van der Waals surface area contributed by atoms with Crippen molar-refractivity contribution < 1.29 is 4.79 Å². The van der Waals surface area contributed by atoms with Crippen LogP contribution in [0.5, 0.6) is 0 Å². The number of carbonyl (C=O) groups excluding carboxylic acids is 1. The van der Waals surface area contributed by atoms with E-state index < -0.39 is 0 Å². The molecule has 0 saturated heterocycles. The lowest BCUT2D eigenvalue weighted by Crippen LogP contribution is -2.41. The zero-order valence-corrected chi connectivity index (χ0v) is 17.7. The first-order chi connectivity index (χ1) is 14.8. The molecule has 0 unspecified atom stereocenters. The van der Waals surface area contributed by atoms with Crippen molar-refractivity contribution in [1.82, 2.24) is 9.47 Å². The summed E-state index contributed by atoms with van der Waals surface area (Å²) in [6.07, 6.45) is 9.57. The maximum atomic E-state index is 13.3. The molecule has 3 nitrogen and oxygen atoms in total. The molecule has 0 spiro atoms. The van der Waals surface area contributed by atoms with Gasteiger partial charge < -0.3 is 9.47 Å². The number of carbonyl (C=O) groups is 1. The molecular weight excluding hydrogens is 368 g/mol. The van der Waals surface area contributed by atoms with E-state index in [-0.39, 0.29) is 0 Å². The van der Waals surface area contributed by atoms with Crippen molar-refractivity contribution in [1.29, 1.82) is 0 Å². The van der Waals surface area contributed by atoms with Crippen molar-refractivity contribution in [2.45, 2.75) is 64.1 Å². The number of aryl methyl sites for hydroxylation is 1. The Morgan fingerprint density at radius 2 is 1.50 bits per heavy atom. The fourth-order valence-electron chi connectivity index (χ4n) is 4.56. The molecule has 1 aliphatic carbocycles. The van der Waals surface area contributed by atoms with Crippen LogP contribution in [0.1, 0.15) is 55.3 Å². The van der Waals surface area contributed by atoms with E-state index in [2.05, 4.69) is 82.4 Å². The Morgan fingerprint density at radius 1 is 0.833 bits per heavy atom. The van der Waals surface area contributed by atoms with Crippen LogP contribution in [0.3, 0.4) is 0 Å². The summed E-state index contributed by atoms with van der Waals surface area (Å²) in [5.41, 5.74) is 3.74. The minimum atomic E-state index is 0.290. The highest BCUT2D eigenvalue weighted by molar-refractivity contribution is 5.76. The average molecular weight is 401 g/mol. The van der Waals surface area contributed by atoms with Gasteiger partial charge in [0.1, 0.15) is 0 Å². The first-order valence-electron chi connectivity index (χ1n) is 11.3. The Balaban J connectivity index is 1.47. The van der Waals surface area contributed by atoms with Crippen LogP contribution in [0.15, 0.2) is 79.0 Å². The van der Waals surface area contributed by atoms with E-state index >= 15 is 0 Å². The molecule has 0 bridgehead atoms. The molecule has 1 saturated carbocycles. The fraction of sp³-hybridized carbons (Fsp3) is 0.370. The Bertz CT molecular complexity index is 910. The van der Waals surface area contributed by atoms with Gasteiger partial charge in [0.15, 0.2) is 0 Å². The summed E-state index contributed by atoms with van der Waals surface area (Å²) in [5, 5.41) is 0. The molecule has 3 heteroatoms. The SMILES string of the molecule is O=C(CCc1ccccc1)N(Cc1cccn1Cc1ccccc1)C1CCCCC1. The molecule has 0 aliphatic heterocycles. The number of amides is 1. The Kier molecular flexibility index (Phi) is 7.02. The smallest absolute Gasteiger partial charge is 0.223 e. The van der Waals surface area contributed by atoms with Crippen LogP contribution in [0.4, 0.5) is 0 Å². The van der Waals surface area contributed by atoms with Gasteiger partial charge in [-0.05, 0) is 42.5 Å². The van der Waals surface area contributed by atoms with Crippen LogP contribution in [0, 0.1) is 0 Å². The number of nitrogens with zero attached hydrogens (tertiary/aromatic N) is 2. The molecule has 30 heavy (non-hydrogen) atoms. The summed E-state index contributed by atoms with van der Waals surface area (Å²) in [6.45, 7) is 1.55. The third-order valence-corrected chi connectivity index (χ3v) is 6.26. The van der Waals surface area contributed by atoms with Crippen LogP contribution >= 0.6 is 0 Å². The predicted molar refractivity (Wildman–Crippen MR) is 122 cm³/mol. The monoisotopic (exact) mass is 400 g/mol. The zero-order chi connectivity index (χ0) is 20.6. The van der Waals surface area contributed by atoms with Crippen LogP contribution in [-0.2, 0) is 24.3 Å². The Hall–Kier alpha value is -2.81. The molecule has 0 radical (unpaired) electrons. The molecule has 0 N–H and O–H groups in total. The number of benzene rings is 2. The molecule has 156 valence electrons. The molecule has 4 rings (SSSR count). The summed E-state index contributed by atoms with van der Waals surface area (Å²) >= 11 is 0. The van der Waals surface area contributed by atoms with E-state index in [4.69, 9.17) is 0 Å². The topological polar surface area (TPSA) is 25.2 Å². The average Bonchev–Trinajstić information content (AvgIpc) is 3.24. The van der Waals surface area contributed by atoms with Gasteiger partial charge in [0.25, 0.3) is 0 Å². The van der Waals surface area contributed by atoms with Gasteiger partial charge in [-0.25, -0.2) is 0 Å². The lowest BCUT2D eigenvalue weighted by Gasteiger charge is -2.35. The largest absolute Gasteiger partial charge is 0.345 e. The summed E-state index contributed by atoms with van der Waals surface area (Å²) in [4.78, 5) is 15.5. The van der Waals surface area contributed by atoms with Crippen LogP contribution < -0.4 is 0 Å². The third kappa shape index (κ3) is 5.41. The van der Waals surface area contributed by atoms with E-state index in [0.717, 1.165) is 25.8 Å². The zero-order valence-electron chi connectivity index (χ0n) is 17.7. The maximum Gasteiger partial charge on any atom is 0.223 e. The highest BCUT2D eigenvalue weighted by Crippen LogP contribution is 2.25. The lowest BCUT2D eigenvalue weighted by molar-refractivity contribution is -0.135. The van der Waals surface area contributed by atoms with E-state index in [1.165, 1.54) is 36.1 Å². The van der Waals surface area contributed by atoms with Gasteiger partial charge >= 0.3 is 0 Å². The van der Waals surface area contributed by atoms with E-state index in [9.17, 15) is 4.79 Å². The highest BCUT2D eigenvalue weighted by Gasteiger charge is 2.26. The Labute approximate surface area is 180 Å². The summed E-state index contributed by atoms with van der Waals surface area (Å²) in [6, 6.07) is 25.5. The Morgan fingerprint density at radius 3 is 2.20 bits per heavy atom. The normalized spacial score (nSPS) is 14.5. The van der Waals surface area contributed by atoms with Gasteiger partial charge in [-0.1, -0.05) is 79.9 Å². The van der Waals surface area contributed by atoms with Gasteiger partial charge in [0, 0.05) is 30.9 Å². The number of aromatic nitrogens is 1. The molecule has 1 aliphatic rings. The molecule has 3 aromatic rings. The lowest BCUT2D eigenvalue weighted by atomic mass is 9.93. The van der Waals surface area contributed by atoms with Crippen LogP contribution in [0.2, 0.25) is 0 Å². The van der Waals surface area contributed by atoms with E-state index in [1.54, 1.807) is 0 Å². The van der Waals surface area contributed by atoms with Gasteiger partial charge in [-0.2, -0.15) is 0 Å². The molecule has 1 aromatic heterocycles. The summed E-state index contributed by atoms with van der Waals surface area (Å²) < 4.78 is 2.29. The molecule has 1 amide bonds. The van der Waals surface area contributed by atoms with Crippen LogP contribution in [-0.4, -0.2) is 21.4 Å². The standard InChI is InChI=1S/C27H32N2O/c30-27(19-18-23-11-4-1-5-12-23)29(25-15-8-3-9-16-25)22-26-17-10-20-28(26)21-24-13-6-2-7-14-24/h1-2,4-7,10-14,17,20,25H,3,8-9,15-16,18-19,21-22H2. The number of hydrogen-bond acceptors (Lipinski definition) is 1. The number of hydrogen-bond donors (Lipinski definition) is 0. The van der Waals surface area contributed by atoms with Gasteiger partial charge in [0.2, 0.25) is 5.91 Å². The minimum Gasteiger partial charge on any atom is -0.345 e. The molecular formula is C27H32N2O. The molecule has 0 atom stereocenters. The minimum absolute atomic E-state index is 0.290. The first-order valence-corrected chi connectivity index (χ1v) is 11.3. The third-order valence-electron chi connectivity index (χ3n) is 6.26. The highest BCUT2D eigenvalue weighted by atomic mass is 16.2. The summed E-state index contributed by atoms with van der Waals surface area (Å²) in [5.74, 6) is 0.290. The second-order valence-electron chi connectivity index (χ2n) is 8.41. The quantitative estimate of drug-likeness (QED) is 0.467. The van der Waals surface area contributed by atoms with Gasteiger partial charge in [0.05, 0.1) is 6.54 Å². The molecule has 1 fully saturated rings. The van der Waals surface area contributed by atoms with Crippen molar-refractivity contribution in [3.63, 3.8) is 0 Å². The van der Waals surface area contributed by atoms with Gasteiger partial charge in [-0.3, -0.25) is 4.79 Å². The van der Waals surface area contributed by atoms with E-state index in [1.807, 2.05) is 6.07 Å². The molecule has 2 aromatic carbocycles. The second kappa shape index (κ2) is 10.3. The van der Waals surface area contributed by atoms with E-state index in [0.29, 0.717) is 24.9 Å². The first kappa shape index (κ1) is 20.5. The van der Waals surface area contributed by atoms with Crippen molar-refractivity contribution in [3.05, 3.63) is 95.8 Å². The van der Waals surface area contributed by atoms with Gasteiger partial charge in [-0.15, -0.1) is 0 Å². The number of rotatable bonds is 8. The van der Waals surface area contributed by atoms with Crippen molar-refractivity contribution in [2.24, 2.45) is 0 Å². The fourth-order valence-corrected chi connectivity index (χ4v) is 4.56. The maximum absolute atomic E-state index is 13.3. The van der Waals surface area contributed by atoms with Crippen molar-refractivity contribution in [2.75, 3.05) is 0 Å². The predicted octanol–water partition coefficient (Wildman–Crippen LogP) is 5.83. The van der Waals surface area contributed by atoms with Crippen molar-refractivity contribution >= 4 is 5.91 Å². The van der Waals surface area contributed by atoms with Crippen LogP contribution in [0.25, 0.3) is 0 Å². The summed E-state index contributed by atoms with van der Waals surface area (Å²) in [7, 11) is 0. The molecule has 1 heterocycles. The van der Waals surface area contributed by atoms with Crippen molar-refractivity contribution in [3.8, 4) is 0 Å². The second-order valence-corrected chi connectivity index (χ2v) is 8.41.